The molecule has 2 aromatic heterocycles. The summed E-state index contributed by atoms with van der Waals surface area (Å²) in [6.45, 7) is 8.50. The van der Waals surface area contributed by atoms with E-state index in [-0.39, 0.29) is 11.8 Å². The predicted molar refractivity (Wildman–Crippen MR) is 112 cm³/mol. The highest BCUT2D eigenvalue weighted by Gasteiger charge is 2.21. The molecule has 0 fully saturated rings. The van der Waals surface area contributed by atoms with E-state index in [1.807, 2.05) is 19.9 Å². The topological polar surface area (TPSA) is 86.5 Å². The van der Waals surface area contributed by atoms with Crippen LogP contribution in [-0.4, -0.2) is 29.8 Å². The quantitative estimate of drug-likeness (QED) is 0.533. The van der Waals surface area contributed by atoms with Crippen LogP contribution in [0.4, 0.5) is 5.69 Å². The first-order valence-electron chi connectivity index (χ1n) is 9.83. The second kappa shape index (κ2) is 8.94. The summed E-state index contributed by atoms with van der Waals surface area (Å²) in [5.41, 5.74) is 2.78. The Labute approximate surface area is 170 Å². The number of aryl methyl sites for hydroxylation is 1. The van der Waals surface area contributed by atoms with Crippen molar-refractivity contribution in [3.8, 4) is 11.5 Å². The van der Waals surface area contributed by atoms with E-state index in [0.29, 0.717) is 46.2 Å². The van der Waals surface area contributed by atoms with Crippen LogP contribution in [0.3, 0.4) is 0 Å². The molecule has 0 aliphatic heterocycles. The minimum atomic E-state index is -0.279. The molecule has 1 N–H and O–H groups in total. The lowest BCUT2D eigenvalue weighted by Crippen LogP contribution is -2.15. The lowest BCUT2D eigenvalue weighted by Gasteiger charge is -2.15. The molecule has 7 nitrogen and oxygen atoms in total. The molecule has 0 saturated heterocycles. The largest absolute Gasteiger partial charge is 0.497 e. The van der Waals surface area contributed by atoms with Gasteiger partial charge in [-0.1, -0.05) is 32.3 Å². The minimum absolute atomic E-state index is 0.140. The van der Waals surface area contributed by atoms with Crippen LogP contribution in [0.1, 0.15) is 61.3 Å². The molecule has 0 radical (unpaired) electrons. The van der Waals surface area contributed by atoms with Gasteiger partial charge in [0.1, 0.15) is 11.5 Å². The number of carbonyl (C=O) groups is 1. The fourth-order valence-corrected chi connectivity index (χ4v) is 2.96. The van der Waals surface area contributed by atoms with E-state index in [2.05, 4.69) is 22.4 Å². The fraction of sp³-hybridized carbons (Fsp3) is 0.409. The molecular formula is C22H27N3O4. The summed E-state index contributed by atoms with van der Waals surface area (Å²) in [5.74, 6) is 1.09. The maximum atomic E-state index is 13.2. The number of amides is 1. The number of methoxy groups -OCH3 is 1. The highest BCUT2D eigenvalue weighted by Crippen LogP contribution is 2.31. The molecule has 1 amide bonds. The number of nitrogens with zero attached hydrogens (tertiary/aromatic N) is 2. The van der Waals surface area contributed by atoms with Gasteiger partial charge in [0.25, 0.3) is 11.6 Å². The third kappa shape index (κ3) is 4.50. The molecule has 0 unspecified atom stereocenters. The van der Waals surface area contributed by atoms with Crippen LogP contribution in [0.5, 0.6) is 11.5 Å². The van der Waals surface area contributed by atoms with E-state index in [1.54, 1.807) is 32.2 Å². The average molecular weight is 397 g/mol. The summed E-state index contributed by atoms with van der Waals surface area (Å²) in [5, 5.41) is 7.56. The Morgan fingerprint density at radius 3 is 2.76 bits per heavy atom. The summed E-state index contributed by atoms with van der Waals surface area (Å²) >= 11 is 0. The molecule has 0 aliphatic rings. The smallest absolute Gasteiger partial charge is 0.259 e. The number of carbonyl (C=O) groups excluding carboxylic acids is 1. The average Bonchev–Trinajstić information content (AvgIpc) is 3.09. The SMILES string of the molecule is CCCCOc1ccc(OC)cc1NC(=O)c1cc(C(C)C)nc2onc(C)c12. The van der Waals surface area contributed by atoms with Gasteiger partial charge in [-0.2, -0.15) is 0 Å². The van der Waals surface area contributed by atoms with Crippen molar-refractivity contribution in [2.45, 2.75) is 46.5 Å². The second-order valence-corrected chi connectivity index (χ2v) is 7.22. The van der Waals surface area contributed by atoms with Crippen LogP contribution >= 0.6 is 0 Å². The Kier molecular flexibility index (Phi) is 6.36. The van der Waals surface area contributed by atoms with Crippen molar-refractivity contribution in [3.05, 3.63) is 41.2 Å². The Morgan fingerprint density at radius 2 is 2.07 bits per heavy atom. The van der Waals surface area contributed by atoms with Gasteiger partial charge in [0.05, 0.1) is 36.0 Å². The number of hydrogen-bond acceptors (Lipinski definition) is 6. The number of rotatable bonds is 8. The van der Waals surface area contributed by atoms with Gasteiger partial charge < -0.3 is 19.3 Å². The van der Waals surface area contributed by atoms with Crippen molar-refractivity contribution in [1.82, 2.24) is 10.1 Å². The Hall–Kier alpha value is -3.09. The van der Waals surface area contributed by atoms with Crippen LogP contribution in [-0.2, 0) is 0 Å². The standard InChI is InChI=1S/C22H27N3O4/c1-6-7-10-28-19-9-8-15(27-5)11-18(19)23-21(26)16-12-17(13(2)3)24-22-20(16)14(4)25-29-22/h8-9,11-13H,6-7,10H2,1-5H3,(H,23,26). The zero-order chi connectivity index (χ0) is 21.0. The molecule has 0 aliphatic carbocycles. The molecule has 1 aromatic carbocycles. The molecule has 0 bridgehead atoms. The number of aromatic nitrogens is 2. The summed E-state index contributed by atoms with van der Waals surface area (Å²) in [4.78, 5) is 17.7. The normalized spacial score (nSPS) is 11.1. The van der Waals surface area contributed by atoms with Crippen LogP contribution in [0.2, 0.25) is 0 Å². The first kappa shape index (κ1) is 20.6. The van der Waals surface area contributed by atoms with Crippen molar-refractivity contribution in [2.24, 2.45) is 0 Å². The lowest BCUT2D eigenvalue weighted by atomic mass is 10.0. The molecule has 2 heterocycles. The molecule has 0 saturated carbocycles. The zero-order valence-electron chi connectivity index (χ0n) is 17.5. The minimum Gasteiger partial charge on any atom is -0.497 e. The molecule has 3 aromatic rings. The second-order valence-electron chi connectivity index (χ2n) is 7.22. The fourth-order valence-electron chi connectivity index (χ4n) is 2.96. The van der Waals surface area contributed by atoms with Crippen LogP contribution in [0.25, 0.3) is 11.1 Å². The number of benzene rings is 1. The van der Waals surface area contributed by atoms with Gasteiger partial charge in [-0.3, -0.25) is 4.79 Å². The third-order valence-electron chi connectivity index (χ3n) is 4.66. The molecule has 3 rings (SSSR count). The van der Waals surface area contributed by atoms with E-state index in [9.17, 15) is 4.79 Å². The highest BCUT2D eigenvalue weighted by atomic mass is 16.5. The predicted octanol–water partition coefficient (Wildman–Crippen LogP) is 5.09. The summed E-state index contributed by atoms with van der Waals surface area (Å²) in [7, 11) is 1.58. The molecule has 29 heavy (non-hydrogen) atoms. The Bertz CT molecular complexity index is 1010. The first-order chi connectivity index (χ1) is 13.9. The van der Waals surface area contributed by atoms with Crippen molar-refractivity contribution >= 4 is 22.7 Å². The number of ether oxygens (including phenoxy) is 2. The van der Waals surface area contributed by atoms with Gasteiger partial charge in [-0.05, 0) is 37.5 Å². The zero-order valence-corrected chi connectivity index (χ0v) is 17.5. The van der Waals surface area contributed by atoms with Crippen LogP contribution in [0.15, 0.2) is 28.8 Å². The lowest BCUT2D eigenvalue weighted by molar-refractivity contribution is 0.102. The number of anilines is 1. The molecule has 0 spiro atoms. The van der Waals surface area contributed by atoms with Crippen molar-refractivity contribution in [1.29, 1.82) is 0 Å². The van der Waals surface area contributed by atoms with E-state index in [0.717, 1.165) is 18.5 Å². The van der Waals surface area contributed by atoms with E-state index in [1.165, 1.54) is 0 Å². The monoisotopic (exact) mass is 397 g/mol. The van der Waals surface area contributed by atoms with Crippen LogP contribution in [0, 0.1) is 6.92 Å². The van der Waals surface area contributed by atoms with Gasteiger partial charge in [0, 0.05) is 11.8 Å². The van der Waals surface area contributed by atoms with E-state index >= 15 is 0 Å². The van der Waals surface area contributed by atoms with Crippen molar-refractivity contribution in [2.75, 3.05) is 19.0 Å². The maximum absolute atomic E-state index is 13.2. The molecule has 0 atom stereocenters. The first-order valence-corrected chi connectivity index (χ1v) is 9.83. The number of unbranched alkanes of at least 4 members (excludes halogenated alkanes) is 1. The van der Waals surface area contributed by atoms with Gasteiger partial charge in [-0.25, -0.2) is 4.98 Å². The van der Waals surface area contributed by atoms with Crippen molar-refractivity contribution < 1.29 is 18.8 Å². The van der Waals surface area contributed by atoms with Crippen LogP contribution < -0.4 is 14.8 Å². The van der Waals surface area contributed by atoms with Crippen molar-refractivity contribution in [3.63, 3.8) is 0 Å². The summed E-state index contributed by atoms with van der Waals surface area (Å²) in [6, 6.07) is 7.16. The van der Waals surface area contributed by atoms with Gasteiger partial charge in [0.2, 0.25) is 0 Å². The molecule has 7 heteroatoms. The van der Waals surface area contributed by atoms with E-state index in [4.69, 9.17) is 14.0 Å². The number of pyridine rings is 1. The third-order valence-corrected chi connectivity index (χ3v) is 4.66. The summed E-state index contributed by atoms with van der Waals surface area (Å²) < 4.78 is 16.5. The number of fused-ring (bicyclic) bond motifs is 1. The summed E-state index contributed by atoms with van der Waals surface area (Å²) in [6.07, 6.45) is 1.96. The Balaban J connectivity index is 1.99. The van der Waals surface area contributed by atoms with E-state index < -0.39 is 0 Å². The number of hydrogen-bond donors (Lipinski definition) is 1. The van der Waals surface area contributed by atoms with Gasteiger partial charge >= 0.3 is 0 Å². The Morgan fingerprint density at radius 1 is 1.28 bits per heavy atom. The van der Waals surface area contributed by atoms with Gasteiger partial charge in [0.15, 0.2) is 0 Å². The number of nitrogens with one attached hydrogen (secondary N) is 1. The maximum Gasteiger partial charge on any atom is 0.259 e. The highest BCUT2D eigenvalue weighted by molar-refractivity contribution is 6.12. The van der Waals surface area contributed by atoms with Gasteiger partial charge in [-0.15, -0.1) is 0 Å². The molecule has 154 valence electrons. The molecular weight excluding hydrogens is 370 g/mol.